The Morgan fingerprint density at radius 3 is 3.15 bits per heavy atom. The standard InChI is InChI=1S/C9H14N2OS/c1-2-7-6-13-9(10-7)11-4-3-8(12)5-11/h6,8,12H,2-5H2,1H3. The van der Waals surface area contributed by atoms with Crippen LogP contribution in [0, 0.1) is 0 Å². The van der Waals surface area contributed by atoms with Crippen molar-refractivity contribution in [3.8, 4) is 0 Å². The van der Waals surface area contributed by atoms with E-state index in [-0.39, 0.29) is 6.10 Å². The summed E-state index contributed by atoms with van der Waals surface area (Å²) in [5.41, 5.74) is 1.15. The van der Waals surface area contributed by atoms with E-state index in [0.717, 1.165) is 36.8 Å². The van der Waals surface area contributed by atoms with Gasteiger partial charge in [0, 0.05) is 18.5 Å². The van der Waals surface area contributed by atoms with Crippen LogP contribution in [0.1, 0.15) is 19.0 Å². The number of anilines is 1. The number of β-amino-alcohol motifs (C(OH)–C–C–N with tert-alkyl or cyclic N) is 1. The van der Waals surface area contributed by atoms with Crippen LogP contribution >= 0.6 is 11.3 Å². The van der Waals surface area contributed by atoms with Crippen molar-refractivity contribution in [3.05, 3.63) is 11.1 Å². The minimum Gasteiger partial charge on any atom is -0.391 e. The maximum atomic E-state index is 9.36. The molecule has 1 aromatic heterocycles. The van der Waals surface area contributed by atoms with Crippen LogP contribution in [0.2, 0.25) is 0 Å². The summed E-state index contributed by atoms with van der Waals surface area (Å²) in [6.45, 7) is 3.80. The Morgan fingerprint density at radius 1 is 1.77 bits per heavy atom. The zero-order valence-corrected chi connectivity index (χ0v) is 8.55. The van der Waals surface area contributed by atoms with Gasteiger partial charge in [-0.3, -0.25) is 0 Å². The lowest BCUT2D eigenvalue weighted by Crippen LogP contribution is -2.20. The molecular formula is C9H14N2OS. The molecule has 1 aliphatic rings. The normalized spacial score (nSPS) is 22.6. The van der Waals surface area contributed by atoms with E-state index in [1.807, 2.05) is 0 Å². The van der Waals surface area contributed by atoms with Crippen LogP contribution in [0.15, 0.2) is 5.38 Å². The summed E-state index contributed by atoms with van der Waals surface area (Å²) >= 11 is 1.68. The van der Waals surface area contributed by atoms with Gasteiger partial charge in [0.15, 0.2) is 5.13 Å². The molecule has 1 unspecified atom stereocenters. The van der Waals surface area contributed by atoms with E-state index in [9.17, 15) is 5.11 Å². The monoisotopic (exact) mass is 198 g/mol. The number of thiazole rings is 1. The fourth-order valence-corrected chi connectivity index (χ4v) is 2.47. The third-order valence-corrected chi connectivity index (χ3v) is 3.29. The summed E-state index contributed by atoms with van der Waals surface area (Å²) in [6.07, 6.45) is 1.71. The van der Waals surface area contributed by atoms with E-state index >= 15 is 0 Å². The molecule has 0 saturated carbocycles. The van der Waals surface area contributed by atoms with E-state index in [1.165, 1.54) is 0 Å². The third-order valence-electron chi connectivity index (χ3n) is 2.34. The van der Waals surface area contributed by atoms with Gasteiger partial charge in [0.25, 0.3) is 0 Å². The first-order valence-corrected chi connectivity index (χ1v) is 5.55. The molecular weight excluding hydrogens is 184 g/mol. The largest absolute Gasteiger partial charge is 0.391 e. The highest BCUT2D eigenvalue weighted by atomic mass is 32.1. The molecule has 1 N–H and O–H groups in total. The van der Waals surface area contributed by atoms with Crippen molar-refractivity contribution in [3.63, 3.8) is 0 Å². The van der Waals surface area contributed by atoms with Gasteiger partial charge in [0.1, 0.15) is 0 Å². The Balaban J connectivity index is 2.08. The van der Waals surface area contributed by atoms with Crippen molar-refractivity contribution in [2.45, 2.75) is 25.9 Å². The Hall–Kier alpha value is -0.610. The Kier molecular flexibility index (Phi) is 2.51. The van der Waals surface area contributed by atoms with E-state index in [4.69, 9.17) is 0 Å². The minimum absolute atomic E-state index is 0.158. The summed E-state index contributed by atoms with van der Waals surface area (Å²) in [6, 6.07) is 0. The fraction of sp³-hybridized carbons (Fsp3) is 0.667. The zero-order valence-electron chi connectivity index (χ0n) is 7.73. The number of aliphatic hydroxyl groups excluding tert-OH is 1. The molecule has 0 amide bonds. The van der Waals surface area contributed by atoms with Gasteiger partial charge < -0.3 is 10.0 Å². The highest BCUT2D eigenvalue weighted by Gasteiger charge is 2.22. The molecule has 4 heteroatoms. The molecule has 2 heterocycles. The van der Waals surface area contributed by atoms with Gasteiger partial charge in [-0.1, -0.05) is 6.92 Å². The van der Waals surface area contributed by atoms with Gasteiger partial charge in [0.2, 0.25) is 0 Å². The lowest BCUT2D eigenvalue weighted by molar-refractivity contribution is 0.198. The molecule has 1 atom stereocenters. The van der Waals surface area contributed by atoms with Gasteiger partial charge in [-0.2, -0.15) is 0 Å². The molecule has 0 aliphatic carbocycles. The average molecular weight is 198 g/mol. The highest BCUT2D eigenvalue weighted by molar-refractivity contribution is 7.13. The number of hydrogen-bond donors (Lipinski definition) is 1. The van der Waals surface area contributed by atoms with Crippen molar-refractivity contribution in [1.29, 1.82) is 0 Å². The molecule has 1 aromatic rings. The van der Waals surface area contributed by atoms with Gasteiger partial charge in [-0.05, 0) is 12.8 Å². The van der Waals surface area contributed by atoms with Crippen molar-refractivity contribution >= 4 is 16.5 Å². The van der Waals surface area contributed by atoms with Crippen LogP contribution in [0.3, 0.4) is 0 Å². The molecule has 3 nitrogen and oxygen atoms in total. The first kappa shape index (κ1) is 8.97. The summed E-state index contributed by atoms with van der Waals surface area (Å²) in [4.78, 5) is 6.64. The quantitative estimate of drug-likeness (QED) is 0.777. The van der Waals surface area contributed by atoms with Crippen molar-refractivity contribution in [2.75, 3.05) is 18.0 Å². The molecule has 0 spiro atoms. The number of rotatable bonds is 2. The SMILES string of the molecule is CCc1csc(N2CCC(O)C2)n1. The van der Waals surface area contributed by atoms with Crippen molar-refractivity contribution in [2.24, 2.45) is 0 Å². The summed E-state index contributed by atoms with van der Waals surface area (Å²) in [7, 11) is 0. The molecule has 72 valence electrons. The van der Waals surface area contributed by atoms with Gasteiger partial charge in [0.05, 0.1) is 11.8 Å². The van der Waals surface area contributed by atoms with E-state index in [0.29, 0.717) is 0 Å². The van der Waals surface area contributed by atoms with Gasteiger partial charge >= 0.3 is 0 Å². The van der Waals surface area contributed by atoms with Crippen LogP contribution < -0.4 is 4.90 Å². The molecule has 1 saturated heterocycles. The fourth-order valence-electron chi connectivity index (χ4n) is 1.52. The Bertz CT molecular complexity index is 287. The minimum atomic E-state index is -0.158. The van der Waals surface area contributed by atoms with Gasteiger partial charge in [-0.15, -0.1) is 11.3 Å². The molecule has 1 fully saturated rings. The lowest BCUT2D eigenvalue weighted by atomic mass is 10.3. The van der Waals surface area contributed by atoms with E-state index in [2.05, 4.69) is 22.2 Å². The third kappa shape index (κ3) is 1.84. The topological polar surface area (TPSA) is 36.4 Å². The molecule has 1 aliphatic heterocycles. The van der Waals surface area contributed by atoms with E-state index in [1.54, 1.807) is 11.3 Å². The van der Waals surface area contributed by atoms with Gasteiger partial charge in [-0.25, -0.2) is 4.98 Å². The molecule has 0 bridgehead atoms. The lowest BCUT2D eigenvalue weighted by Gasteiger charge is -2.12. The summed E-state index contributed by atoms with van der Waals surface area (Å²) in [5, 5.41) is 12.5. The first-order valence-electron chi connectivity index (χ1n) is 4.67. The Labute approximate surface area is 82.0 Å². The number of aryl methyl sites for hydroxylation is 1. The summed E-state index contributed by atoms with van der Waals surface area (Å²) in [5.74, 6) is 0. The number of hydrogen-bond acceptors (Lipinski definition) is 4. The zero-order chi connectivity index (χ0) is 9.26. The molecule has 13 heavy (non-hydrogen) atoms. The maximum absolute atomic E-state index is 9.36. The smallest absolute Gasteiger partial charge is 0.185 e. The Morgan fingerprint density at radius 2 is 2.62 bits per heavy atom. The van der Waals surface area contributed by atoms with Crippen LogP contribution in [0.5, 0.6) is 0 Å². The van der Waals surface area contributed by atoms with Crippen LogP contribution in [-0.4, -0.2) is 29.3 Å². The number of nitrogens with zero attached hydrogens (tertiary/aromatic N) is 2. The molecule has 0 aromatic carbocycles. The number of aliphatic hydroxyl groups is 1. The van der Waals surface area contributed by atoms with Crippen LogP contribution in [0.4, 0.5) is 5.13 Å². The van der Waals surface area contributed by atoms with Crippen LogP contribution in [0.25, 0.3) is 0 Å². The first-order chi connectivity index (χ1) is 6.29. The average Bonchev–Trinajstić information content (AvgIpc) is 2.71. The molecule has 2 rings (SSSR count). The number of aromatic nitrogens is 1. The predicted octanol–water partition coefficient (Wildman–Crippen LogP) is 1.28. The highest BCUT2D eigenvalue weighted by Crippen LogP contribution is 2.24. The summed E-state index contributed by atoms with van der Waals surface area (Å²) < 4.78 is 0. The maximum Gasteiger partial charge on any atom is 0.185 e. The van der Waals surface area contributed by atoms with Crippen LogP contribution in [-0.2, 0) is 6.42 Å². The second-order valence-electron chi connectivity index (χ2n) is 3.36. The van der Waals surface area contributed by atoms with E-state index < -0.39 is 0 Å². The van der Waals surface area contributed by atoms with Crippen molar-refractivity contribution in [1.82, 2.24) is 4.98 Å². The predicted molar refractivity (Wildman–Crippen MR) is 54.3 cm³/mol. The van der Waals surface area contributed by atoms with Crippen molar-refractivity contribution < 1.29 is 5.11 Å². The second-order valence-corrected chi connectivity index (χ2v) is 4.20. The molecule has 0 radical (unpaired) electrons. The second kappa shape index (κ2) is 3.64.